The summed E-state index contributed by atoms with van der Waals surface area (Å²) in [5.41, 5.74) is 0. The maximum absolute atomic E-state index is 10.9. The van der Waals surface area contributed by atoms with Gasteiger partial charge in [-0.3, -0.25) is 4.79 Å². The fraction of sp³-hybridized carbons (Fsp3) is 0.889. The summed E-state index contributed by atoms with van der Waals surface area (Å²) in [4.78, 5) is 10.9. The predicted molar refractivity (Wildman–Crippen MR) is 41.0 cm³/mol. The number of carbonyl (C=O) groups is 1. The van der Waals surface area contributed by atoms with E-state index in [1.165, 1.54) is 25.7 Å². The molecule has 1 saturated carbocycles. The third-order valence-corrected chi connectivity index (χ3v) is 2.95. The Hall–Kier alpha value is -0.530. The van der Waals surface area contributed by atoms with Crippen LogP contribution in [-0.4, -0.2) is 12.6 Å². The van der Waals surface area contributed by atoms with Gasteiger partial charge in [0, 0.05) is 6.42 Å². The van der Waals surface area contributed by atoms with Gasteiger partial charge in [0.15, 0.2) is 0 Å². The average molecular weight is 154 g/mol. The summed E-state index contributed by atoms with van der Waals surface area (Å²) in [7, 11) is 0. The number of carbonyl (C=O) groups excluding carboxylic acids is 1. The molecule has 2 nitrogen and oxygen atoms in total. The van der Waals surface area contributed by atoms with Crippen LogP contribution in [0.4, 0.5) is 0 Å². The molecule has 11 heavy (non-hydrogen) atoms. The van der Waals surface area contributed by atoms with Crippen LogP contribution in [0.5, 0.6) is 0 Å². The normalized spacial score (nSPS) is 37.6. The molecule has 0 unspecified atom stereocenters. The number of esters is 1. The number of rotatable bonds is 0. The summed E-state index contributed by atoms with van der Waals surface area (Å²) in [5, 5.41) is 0. The Labute approximate surface area is 66.9 Å². The zero-order valence-corrected chi connectivity index (χ0v) is 6.71. The number of cyclic esters (lactones) is 1. The van der Waals surface area contributed by atoms with Crippen LogP contribution >= 0.6 is 0 Å². The van der Waals surface area contributed by atoms with E-state index in [4.69, 9.17) is 4.74 Å². The lowest BCUT2D eigenvalue weighted by atomic mass is 9.77. The van der Waals surface area contributed by atoms with Gasteiger partial charge in [-0.2, -0.15) is 0 Å². The van der Waals surface area contributed by atoms with Crippen molar-refractivity contribution in [3.63, 3.8) is 0 Å². The minimum absolute atomic E-state index is 0.0214. The molecule has 1 heterocycles. The van der Waals surface area contributed by atoms with Gasteiger partial charge >= 0.3 is 5.97 Å². The molecule has 62 valence electrons. The third kappa shape index (κ3) is 1.39. The van der Waals surface area contributed by atoms with Crippen LogP contribution in [0.25, 0.3) is 0 Å². The first-order chi connectivity index (χ1) is 5.36. The van der Waals surface area contributed by atoms with E-state index in [9.17, 15) is 4.79 Å². The number of ether oxygens (including phenoxy) is 1. The highest BCUT2D eigenvalue weighted by molar-refractivity contribution is 5.70. The molecule has 0 aromatic heterocycles. The summed E-state index contributed by atoms with van der Waals surface area (Å²) < 4.78 is 5.01. The van der Waals surface area contributed by atoms with Crippen LogP contribution < -0.4 is 0 Å². The molecule has 1 saturated heterocycles. The Morgan fingerprint density at radius 1 is 1.18 bits per heavy atom. The Morgan fingerprint density at radius 2 is 1.91 bits per heavy atom. The molecule has 0 bridgehead atoms. The van der Waals surface area contributed by atoms with Gasteiger partial charge in [0.25, 0.3) is 0 Å². The second-order valence-electron chi connectivity index (χ2n) is 3.69. The Bertz CT molecular complexity index is 165. The zero-order valence-electron chi connectivity index (χ0n) is 6.71. The molecule has 2 aliphatic rings. The van der Waals surface area contributed by atoms with Crippen molar-refractivity contribution in [1.29, 1.82) is 0 Å². The number of hydrogen-bond donors (Lipinski definition) is 0. The Morgan fingerprint density at radius 3 is 2.73 bits per heavy atom. The molecule has 0 aromatic carbocycles. The Kier molecular flexibility index (Phi) is 1.84. The van der Waals surface area contributed by atoms with Gasteiger partial charge in [-0.15, -0.1) is 0 Å². The molecule has 2 rings (SSSR count). The van der Waals surface area contributed by atoms with Crippen LogP contribution in [0.1, 0.15) is 32.1 Å². The molecule has 0 radical (unpaired) electrons. The van der Waals surface area contributed by atoms with Crippen molar-refractivity contribution < 1.29 is 9.53 Å². The lowest BCUT2D eigenvalue weighted by molar-refractivity contribution is -0.154. The number of fused-ring (bicyclic) bond motifs is 1. The highest BCUT2D eigenvalue weighted by Crippen LogP contribution is 2.35. The molecule has 1 aliphatic heterocycles. The van der Waals surface area contributed by atoms with Crippen molar-refractivity contribution >= 4 is 5.97 Å². The SMILES string of the molecule is O=C1C[C@@H]2CCCC[C@H]2CO1. The minimum Gasteiger partial charge on any atom is -0.465 e. The monoisotopic (exact) mass is 154 g/mol. The summed E-state index contributed by atoms with van der Waals surface area (Å²) in [6.45, 7) is 0.698. The van der Waals surface area contributed by atoms with Gasteiger partial charge < -0.3 is 4.74 Å². The van der Waals surface area contributed by atoms with E-state index < -0.39 is 0 Å². The maximum Gasteiger partial charge on any atom is 0.306 e. The second kappa shape index (κ2) is 2.84. The van der Waals surface area contributed by atoms with Crippen molar-refractivity contribution in [3.8, 4) is 0 Å². The van der Waals surface area contributed by atoms with Crippen LogP contribution in [0, 0.1) is 11.8 Å². The van der Waals surface area contributed by atoms with E-state index in [0.29, 0.717) is 24.9 Å². The quantitative estimate of drug-likeness (QED) is 0.497. The first-order valence-corrected chi connectivity index (χ1v) is 4.52. The lowest BCUT2D eigenvalue weighted by Crippen LogP contribution is -2.32. The molecular formula is C9H14O2. The minimum atomic E-state index is 0.0214. The van der Waals surface area contributed by atoms with E-state index in [-0.39, 0.29) is 5.97 Å². The van der Waals surface area contributed by atoms with E-state index in [2.05, 4.69) is 0 Å². The van der Waals surface area contributed by atoms with E-state index in [1.54, 1.807) is 0 Å². The van der Waals surface area contributed by atoms with Gasteiger partial charge in [0.05, 0.1) is 6.61 Å². The first-order valence-electron chi connectivity index (χ1n) is 4.52. The Balaban J connectivity index is 1.98. The number of hydrogen-bond acceptors (Lipinski definition) is 2. The lowest BCUT2D eigenvalue weighted by Gasteiger charge is -2.34. The van der Waals surface area contributed by atoms with Crippen LogP contribution in [0.2, 0.25) is 0 Å². The van der Waals surface area contributed by atoms with Crippen molar-refractivity contribution in [2.24, 2.45) is 11.8 Å². The average Bonchev–Trinajstić information content (AvgIpc) is 2.04. The first kappa shape index (κ1) is 7.14. The molecule has 0 amide bonds. The van der Waals surface area contributed by atoms with Crippen LogP contribution in [0.3, 0.4) is 0 Å². The second-order valence-corrected chi connectivity index (χ2v) is 3.69. The van der Waals surface area contributed by atoms with E-state index >= 15 is 0 Å². The molecule has 0 aromatic rings. The van der Waals surface area contributed by atoms with Gasteiger partial charge in [-0.05, 0) is 24.7 Å². The van der Waals surface area contributed by atoms with Gasteiger partial charge in [-0.1, -0.05) is 12.8 Å². The smallest absolute Gasteiger partial charge is 0.306 e. The molecule has 0 N–H and O–H groups in total. The van der Waals surface area contributed by atoms with Crippen molar-refractivity contribution in [3.05, 3.63) is 0 Å². The van der Waals surface area contributed by atoms with E-state index in [1.807, 2.05) is 0 Å². The third-order valence-electron chi connectivity index (χ3n) is 2.95. The molecule has 0 spiro atoms. The van der Waals surface area contributed by atoms with Crippen LogP contribution in [-0.2, 0) is 9.53 Å². The van der Waals surface area contributed by atoms with Crippen molar-refractivity contribution in [2.45, 2.75) is 32.1 Å². The fourth-order valence-electron chi connectivity index (χ4n) is 2.25. The van der Waals surface area contributed by atoms with Gasteiger partial charge in [-0.25, -0.2) is 0 Å². The standard InChI is InChI=1S/C9H14O2/c10-9-5-7-3-1-2-4-8(7)6-11-9/h7-8H,1-6H2/t7-,8-/m0/s1. The molecule has 1 aliphatic carbocycles. The predicted octanol–water partition coefficient (Wildman–Crippen LogP) is 1.74. The van der Waals surface area contributed by atoms with Gasteiger partial charge in [0.2, 0.25) is 0 Å². The van der Waals surface area contributed by atoms with E-state index in [0.717, 1.165) is 0 Å². The summed E-state index contributed by atoms with van der Waals surface area (Å²) in [6, 6.07) is 0. The topological polar surface area (TPSA) is 26.3 Å². The van der Waals surface area contributed by atoms with Crippen molar-refractivity contribution in [1.82, 2.24) is 0 Å². The summed E-state index contributed by atoms with van der Waals surface area (Å²) >= 11 is 0. The highest BCUT2D eigenvalue weighted by Gasteiger charge is 2.32. The molecule has 2 heteroatoms. The molecule has 2 fully saturated rings. The maximum atomic E-state index is 10.9. The zero-order chi connectivity index (χ0) is 7.68. The van der Waals surface area contributed by atoms with Crippen molar-refractivity contribution in [2.75, 3.05) is 6.61 Å². The van der Waals surface area contributed by atoms with Gasteiger partial charge in [0.1, 0.15) is 0 Å². The molecular weight excluding hydrogens is 140 g/mol. The largest absolute Gasteiger partial charge is 0.465 e. The highest BCUT2D eigenvalue weighted by atomic mass is 16.5. The van der Waals surface area contributed by atoms with Crippen LogP contribution in [0.15, 0.2) is 0 Å². The molecule has 2 atom stereocenters. The summed E-state index contributed by atoms with van der Waals surface area (Å²) in [6.07, 6.45) is 5.86. The summed E-state index contributed by atoms with van der Waals surface area (Å²) in [5.74, 6) is 1.37. The fourth-order valence-corrected chi connectivity index (χ4v) is 2.25.